The van der Waals surface area contributed by atoms with E-state index in [1.165, 1.54) is 4.90 Å². The molecule has 18 heavy (non-hydrogen) atoms. The van der Waals surface area contributed by atoms with Gasteiger partial charge in [-0.1, -0.05) is 18.6 Å². The van der Waals surface area contributed by atoms with E-state index in [4.69, 9.17) is 10.00 Å². The molecule has 3 heteroatoms. The first-order valence-electron chi connectivity index (χ1n) is 6.26. The van der Waals surface area contributed by atoms with Crippen LogP contribution in [0.15, 0.2) is 29.2 Å². The summed E-state index contributed by atoms with van der Waals surface area (Å²) in [6.07, 6.45) is 3.20. The van der Waals surface area contributed by atoms with Crippen molar-refractivity contribution >= 4 is 11.8 Å². The van der Waals surface area contributed by atoms with Gasteiger partial charge < -0.3 is 4.74 Å². The zero-order chi connectivity index (χ0) is 13.4. The number of nitriles is 1. The number of rotatable bonds is 7. The highest BCUT2D eigenvalue weighted by Gasteiger charge is 2.15. The number of thioether (sulfide) groups is 1. The van der Waals surface area contributed by atoms with E-state index in [1.54, 1.807) is 7.11 Å². The van der Waals surface area contributed by atoms with Crippen molar-refractivity contribution in [1.29, 1.82) is 5.26 Å². The molecule has 0 fully saturated rings. The molecule has 1 aromatic carbocycles. The van der Waals surface area contributed by atoms with Crippen molar-refractivity contribution in [2.75, 3.05) is 12.9 Å². The normalized spacial score (nSPS) is 11.0. The first kappa shape index (κ1) is 14.9. The number of ether oxygens (including phenoxy) is 1. The summed E-state index contributed by atoms with van der Waals surface area (Å²) in [5, 5.41) is 8.93. The smallest absolute Gasteiger partial charge is 0.132 e. The van der Waals surface area contributed by atoms with E-state index in [0.717, 1.165) is 30.8 Å². The fraction of sp³-hybridized carbons (Fsp3) is 0.533. The second kappa shape index (κ2) is 7.33. The molecule has 0 aromatic heterocycles. The van der Waals surface area contributed by atoms with Crippen LogP contribution in [-0.4, -0.2) is 12.9 Å². The second-order valence-electron chi connectivity index (χ2n) is 4.95. The van der Waals surface area contributed by atoms with Crippen LogP contribution < -0.4 is 4.74 Å². The van der Waals surface area contributed by atoms with Gasteiger partial charge >= 0.3 is 0 Å². The number of hydrogen-bond donors (Lipinski definition) is 0. The molecule has 2 nitrogen and oxygen atoms in total. The van der Waals surface area contributed by atoms with Crippen LogP contribution in [0.3, 0.4) is 0 Å². The van der Waals surface area contributed by atoms with Crippen molar-refractivity contribution in [2.24, 2.45) is 5.41 Å². The third-order valence-corrected chi connectivity index (χ3v) is 3.97. The molecule has 1 rings (SSSR count). The summed E-state index contributed by atoms with van der Waals surface area (Å²) < 4.78 is 5.31. The van der Waals surface area contributed by atoms with Gasteiger partial charge in [0.2, 0.25) is 0 Å². The minimum absolute atomic E-state index is 0.185. The Morgan fingerprint density at radius 2 is 2.00 bits per heavy atom. The van der Waals surface area contributed by atoms with Crippen LogP contribution in [0.4, 0.5) is 0 Å². The Morgan fingerprint density at radius 1 is 1.28 bits per heavy atom. The Labute approximate surface area is 114 Å². The van der Waals surface area contributed by atoms with E-state index >= 15 is 0 Å². The summed E-state index contributed by atoms with van der Waals surface area (Å²) in [6.45, 7) is 4.00. The Bertz CT molecular complexity index is 409. The first-order chi connectivity index (χ1) is 8.59. The average Bonchev–Trinajstić information content (AvgIpc) is 2.38. The van der Waals surface area contributed by atoms with Crippen molar-refractivity contribution in [3.8, 4) is 11.8 Å². The lowest BCUT2D eigenvalue weighted by molar-refractivity contribution is 0.404. The van der Waals surface area contributed by atoms with Crippen molar-refractivity contribution in [3.05, 3.63) is 24.3 Å². The molecule has 0 N–H and O–H groups in total. The van der Waals surface area contributed by atoms with Crippen LogP contribution in [0.5, 0.6) is 5.75 Å². The van der Waals surface area contributed by atoms with E-state index in [0.29, 0.717) is 0 Å². The number of para-hydroxylation sites is 1. The highest BCUT2D eigenvalue weighted by Crippen LogP contribution is 2.30. The molecule has 0 heterocycles. The van der Waals surface area contributed by atoms with Gasteiger partial charge in [-0.05, 0) is 44.6 Å². The maximum atomic E-state index is 8.93. The maximum Gasteiger partial charge on any atom is 0.132 e. The molecule has 0 atom stereocenters. The standard InChI is InChI=1S/C15H21NOS/c1-15(2,12-16)10-6-7-11-18-14-9-5-4-8-13(14)17-3/h4-5,8-9H,6-7,10-11H2,1-3H3. The largest absolute Gasteiger partial charge is 0.496 e. The lowest BCUT2D eigenvalue weighted by Gasteiger charge is -2.14. The van der Waals surface area contributed by atoms with E-state index in [9.17, 15) is 0 Å². The molecule has 98 valence electrons. The molecule has 0 aliphatic heterocycles. The van der Waals surface area contributed by atoms with Crippen LogP contribution in [0, 0.1) is 16.7 Å². The van der Waals surface area contributed by atoms with Gasteiger partial charge in [0.1, 0.15) is 5.75 Å². The van der Waals surface area contributed by atoms with Crippen LogP contribution >= 0.6 is 11.8 Å². The molecule has 0 unspecified atom stereocenters. The molecule has 0 bridgehead atoms. The summed E-state index contributed by atoms with van der Waals surface area (Å²) in [7, 11) is 1.70. The van der Waals surface area contributed by atoms with Crippen molar-refractivity contribution in [3.63, 3.8) is 0 Å². The molecule has 0 aliphatic rings. The summed E-state index contributed by atoms with van der Waals surface area (Å²) in [5.74, 6) is 2.02. The Balaban J connectivity index is 2.28. The molecular weight excluding hydrogens is 242 g/mol. The third kappa shape index (κ3) is 5.01. The van der Waals surface area contributed by atoms with Gasteiger partial charge in [0.25, 0.3) is 0 Å². The highest BCUT2D eigenvalue weighted by molar-refractivity contribution is 7.99. The fourth-order valence-electron chi connectivity index (χ4n) is 1.65. The molecule has 0 aliphatic carbocycles. The number of hydrogen-bond acceptors (Lipinski definition) is 3. The van der Waals surface area contributed by atoms with Gasteiger partial charge in [0.05, 0.1) is 18.6 Å². The zero-order valence-electron chi connectivity index (χ0n) is 11.4. The predicted octanol–water partition coefficient (Wildman–Crippen LogP) is 4.51. The van der Waals surface area contributed by atoms with Gasteiger partial charge in [-0.3, -0.25) is 0 Å². The minimum atomic E-state index is -0.185. The van der Waals surface area contributed by atoms with E-state index in [1.807, 2.05) is 43.8 Å². The van der Waals surface area contributed by atoms with Crippen molar-refractivity contribution in [2.45, 2.75) is 38.0 Å². The summed E-state index contributed by atoms with van der Waals surface area (Å²) >= 11 is 1.82. The van der Waals surface area contributed by atoms with E-state index in [-0.39, 0.29) is 5.41 Å². The molecule has 0 spiro atoms. The monoisotopic (exact) mass is 263 g/mol. The minimum Gasteiger partial charge on any atom is -0.496 e. The number of methoxy groups -OCH3 is 1. The van der Waals surface area contributed by atoms with Crippen LogP contribution in [0.2, 0.25) is 0 Å². The Kier molecular flexibility index (Phi) is 6.07. The van der Waals surface area contributed by atoms with Crippen LogP contribution in [0.25, 0.3) is 0 Å². The summed E-state index contributed by atoms with van der Waals surface area (Å²) in [4.78, 5) is 1.19. The second-order valence-corrected chi connectivity index (χ2v) is 6.09. The maximum absolute atomic E-state index is 8.93. The van der Waals surface area contributed by atoms with Crippen molar-refractivity contribution < 1.29 is 4.74 Å². The van der Waals surface area contributed by atoms with Gasteiger partial charge in [0, 0.05) is 4.90 Å². The predicted molar refractivity (Wildman–Crippen MR) is 77.0 cm³/mol. The topological polar surface area (TPSA) is 33.0 Å². The zero-order valence-corrected chi connectivity index (χ0v) is 12.2. The first-order valence-corrected chi connectivity index (χ1v) is 7.25. The molecule has 0 radical (unpaired) electrons. The van der Waals surface area contributed by atoms with Crippen LogP contribution in [0.1, 0.15) is 33.1 Å². The molecule has 0 saturated heterocycles. The quantitative estimate of drug-likeness (QED) is 0.536. The molecule has 0 saturated carbocycles. The van der Waals surface area contributed by atoms with E-state index < -0.39 is 0 Å². The van der Waals surface area contributed by atoms with Crippen molar-refractivity contribution in [1.82, 2.24) is 0 Å². The molecule has 0 amide bonds. The highest BCUT2D eigenvalue weighted by atomic mass is 32.2. The summed E-state index contributed by atoms with van der Waals surface area (Å²) in [5.41, 5.74) is -0.185. The molecule has 1 aromatic rings. The van der Waals surface area contributed by atoms with Gasteiger partial charge in [-0.25, -0.2) is 0 Å². The number of unbranched alkanes of at least 4 members (excludes halogenated alkanes) is 1. The number of benzene rings is 1. The van der Waals surface area contributed by atoms with Gasteiger partial charge in [-0.2, -0.15) is 5.26 Å². The van der Waals surface area contributed by atoms with Crippen LogP contribution in [-0.2, 0) is 0 Å². The third-order valence-electron chi connectivity index (χ3n) is 2.83. The lowest BCUT2D eigenvalue weighted by Crippen LogP contribution is -2.07. The average molecular weight is 263 g/mol. The van der Waals surface area contributed by atoms with Gasteiger partial charge in [-0.15, -0.1) is 11.8 Å². The Morgan fingerprint density at radius 3 is 2.67 bits per heavy atom. The fourth-order valence-corrected chi connectivity index (χ4v) is 2.68. The Hall–Kier alpha value is -1.14. The molecular formula is C15H21NOS. The van der Waals surface area contributed by atoms with Gasteiger partial charge in [0.15, 0.2) is 0 Å². The number of nitrogens with zero attached hydrogens (tertiary/aromatic N) is 1. The van der Waals surface area contributed by atoms with E-state index in [2.05, 4.69) is 12.1 Å². The SMILES string of the molecule is COc1ccccc1SCCCCC(C)(C)C#N. The summed E-state index contributed by atoms with van der Waals surface area (Å²) in [6, 6.07) is 10.4. The lowest BCUT2D eigenvalue weighted by atomic mass is 9.89.